The Kier molecular flexibility index (Phi) is 6.23. The Morgan fingerprint density at radius 1 is 1.23 bits per heavy atom. The van der Waals surface area contributed by atoms with Gasteiger partial charge in [-0.2, -0.15) is 0 Å². The number of carbonyl (C=O) groups excluding carboxylic acids is 2. The zero-order chi connectivity index (χ0) is 18.4. The molecular formula is C21H23NO3S. The highest BCUT2D eigenvalue weighted by atomic mass is 32.1. The maximum atomic E-state index is 12.0. The molecule has 0 bridgehead atoms. The lowest BCUT2D eigenvalue weighted by Crippen LogP contribution is -2.31. The Morgan fingerprint density at radius 2 is 2.04 bits per heavy atom. The van der Waals surface area contributed by atoms with E-state index in [1.807, 2.05) is 24.4 Å². The van der Waals surface area contributed by atoms with Crippen LogP contribution in [-0.4, -0.2) is 18.5 Å². The number of esters is 1. The zero-order valence-electron chi connectivity index (χ0n) is 14.9. The maximum absolute atomic E-state index is 12.0. The lowest BCUT2D eigenvalue weighted by molar-refractivity contribution is -0.144. The summed E-state index contributed by atoms with van der Waals surface area (Å²) in [5, 5.41) is 4.82. The number of rotatable bonds is 6. The molecule has 0 aliphatic heterocycles. The van der Waals surface area contributed by atoms with Crippen molar-refractivity contribution in [2.75, 3.05) is 6.61 Å². The third kappa shape index (κ3) is 5.05. The van der Waals surface area contributed by atoms with E-state index in [4.69, 9.17) is 4.74 Å². The van der Waals surface area contributed by atoms with E-state index >= 15 is 0 Å². The van der Waals surface area contributed by atoms with E-state index in [2.05, 4.69) is 23.5 Å². The summed E-state index contributed by atoms with van der Waals surface area (Å²) in [6.07, 6.45) is 7.76. The fourth-order valence-electron chi connectivity index (χ4n) is 3.11. The molecule has 1 heterocycles. The first-order chi connectivity index (χ1) is 12.6. The van der Waals surface area contributed by atoms with Gasteiger partial charge in [0.1, 0.15) is 0 Å². The van der Waals surface area contributed by atoms with Crippen LogP contribution < -0.4 is 5.32 Å². The van der Waals surface area contributed by atoms with Crippen LogP contribution in [0.5, 0.6) is 0 Å². The summed E-state index contributed by atoms with van der Waals surface area (Å²) in [7, 11) is 0. The number of benzene rings is 1. The molecule has 0 spiro atoms. The third-order valence-corrected chi connectivity index (χ3v) is 5.36. The smallest absolute Gasteiger partial charge is 0.331 e. The summed E-state index contributed by atoms with van der Waals surface area (Å²) < 4.78 is 5.00. The van der Waals surface area contributed by atoms with Crippen molar-refractivity contribution in [2.45, 2.75) is 38.6 Å². The molecule has 1 aliphatic rings. The van der Waals surface area contributed by atoms with E-state index in [9.17, 15) is 9.59 Å². The molecule has 5 heteroatoms. The number of aryl methyl sites for hydroxylation is 2. The van der Waals surface area contributed by atoms with Gasteiger partial charge in [0.2, 0.25) is 0 Å². The largest absolute Gasteiger partial charge is 0.452 e. The number of hydrogen-bond acceptors (Lipinski definition) is 4. The van der Waals surface area contributed by atoms with Gasteiger partial charge >= 0.3 is 5.97 Å². The van der Waals surface area contributed by atoms with Crippen LogP contribution in [0.1, 0.15) is 47.4 Å². The minimum Gasteiger partial charge on any atom is -0.452 e. The molecule has 136 valence electrons. The number of carbonyl (C=O) groups is 2. The van der Waals surface area contributed by atoms with Crippen molar-refractivity contribution in [3.63, 3.8) is 0 Å². The summed E-state index contributed by atoms with van der Waals surface area (Å²) in [5.41, 5.74) is 3.90. The van der Waals surface area contributed by atoms with Crippen molar-refractivity contribution >= 4 is 29.3 Å². The molecule has 1 unspecified atom stereocenters. The van der Waals surface area contributed by atoms with Crippen LogP contribution in [0.3, 0.4) is 0 Å². The Balaban J connectivity index is 1.47. The number of ether oxygens (including phenoxy) is 1. The standard InChI is InChI=1S/C21H23NO3S/c1-15(17-9-8-16-5-2-3-6-18(16)13-17)22-20(23)14-25-21(24)11-10-19-7-4-12-26-19/h4,7-13,15H,2-3,5-6,14H2,1H3,(H,22,23)/b11-10+. The molecule has 1 N–H and O–H groups in total. The first-order valence-corrected chi connectivity index (χ1v) is 9.79. The molecule has 0 saturated heterocycles. The van der Waals surface area contributed by atoms with E-state index in [0.717, 1.165) is 23.3 Å². The van der Waals surface area contributed by atoms with Crippen LogP contribution in [0.15, 0.2) is 41.8 Å². The van der Waals surface area contributed by atoms with Gasteiger partial charge in [0.05, 0.1) is 6.04 Å². The average Bonchev–Trinajstić information content (AvgIpc) is 3.18. The van der Waals surface area contributed by atoms with E-state index in [-0.39, 0.29) is 18.6 Å². The number of amides is 1. The van der Waals surface area contributed by atoms with E-state index in [0.29, 0.717) is 0 Å². The first-order valence-electron chi connectivity index (χ1n) is 8.91. The zero-order valence-corrected chi connectivity index (χ0v) is 15.7. The van der Waals surface area contributed by atoms with Gasteiger partial charge in [-0.3, -0.25) is 4.79 Å². The summed E-state index contributed by atoms with van der Waals surface area (Å²) >= 11 is 1.53. The molecule has 3 rings (SSSR count). The van der Waals surface area contributed by atoms with Crippen LogP contribution in [0.4, 0.5) is 0 Å². The van der Waals surface area contributed by atoms with Gasteiger partial charge < -0.3 is 10.1 Å². The maximum Gasteiger partial charge on any atom is 0.331 e. The van der Waals surface area contributed by atoms with Gasteiger partial charge in [0.15, 0.2) is 6.61 Å². The molecule has 1 aromatic heterocycles. The quantitative estimate of drug-likeness (QED) is 0.617. The highest BCUT2D eigenvalue weighted by molar-refractivity contribution is 7.10. The number of hydrogen-bond donors (Lipinski definition) is 1. The van der Waals surface area contributed by atoms with Gasteiger partial charge in [0, 0.05) is 11.0 Å². The summed E-state index contributed by atoms with van der Waals surface area (Å²) in [4.78, 5) is 24.7. The molecule has 0 radical (unpaired) electrons. The molecule has 4 nitrogen and oxygen atoms in total. The number of fused-ring (bicyclic) bond motifs is 1. The Hall–Kier alpha value is -2.40. The highest BCUT2D eigenvalue weighted by Gasteiger charge is 2.14. The molecule has 0 fully saturated rings. The molecule has 1 amide bonds. The van der Waals surface area contributed by atoms with Crippen molar-refractivity contribution in [1.82, 2.24) is 5.32 Å². The van der Waals surface area contributed by atoms with Crippen molar-refractivity contribution in [3.8, 4) is 0 Å². The van der Waals surface area contributed by atoms with E-state index in [1.165, 1.54) is 41.4 Å². The topological polar surface area (TPSA) is 55.4 Å². The Labute approximate surface area is 157 Å². The number of thiophene rings is 1. The van der Waals surface area contributed by atoms with Crippen LogP contribution >= 0.6 is 11.3 Å². The Morgan fingerprint density at radius 3 is 2.81 bits per heavy atom. The fourth-order valence-corrected chi connectivity index (χ4v) is 3.73. The minimum atomic E-state index is -0.519. The normalized spacial score (nSPS) is 14.7. The van der Waals surface area contributed by atoms with Gasteiger partial charge in [-0.15, -0.1) is 11.3 Å². The van der Waals surface area contributed by atoms with Crippen molar-refractivity contribution in [1.29, 1.82) is 0 Å². The predicted molar refractivity (Wildman–Crippen MR) is 104 cm³/mol. The van der Waals surface area contributed by atoms with Gasteiger partial charge in [-0.05, 0) is 66.8 Å². The average molecular weight is 369 g/mol. The second kappa shape index (κ2) is 8.81. The van der Waals surface area contributed by atoms with E-state index < -0.39 is 5.97 Å². The van der Waals surface area contributed by atoms with Crippen molar-refractivity contribution in [3.05, 3.63) is 63.4 Å². The third-order valence-electron chi connectivity index (χ3n) is 4.52. The van der Waals surface area contributed by atoms with Gasteiger partial charge in [0.25, 0.3) is 5.91 Å². The molecule has 0 saturated carbocycles. The van der Waals surface area contributed by atoms with Crippen molar-refractivity contribution < 1.29 is 14.3 Å². The molecule has 26 heavy (non-hydrogen) atoms. The monoisotopic (exact) mass is 369 g/mol. The van der Waals surface area contributed by atoms with Crippen LogP contribution in [0.25, 0.3) is 6.08 Å². The van der Waals surface area contributed by atoms with Crippen LogP contribution in [0, 0.1) is 0 Å². The lowest BCUT2D eigenvalue weighted by atomic mass is 9.89. The highest BCUT2D eigenvalue weighted by Crippen LogP contribution is 2.24. The second-order valence-corrected chi connectivity index (χ2v) is 7.46. The van der Waals surface area contributed by atoms with E-state index in [1.54, 1.807) is 6.08 Å². The number of nitrogens with one attached hydrogen (secondary N) is 1. The fraction of sp³-hybridized carbons (Fsp3) is 0.333. The van der Waals surface area contributed by atoms with Crippen LogP contribution in [0.2, 0.25) is 0 Å². The summed E-state index contributed by atoms with van der Waals surface area (Å²) in [6.45, 7) is 1.67. The summed E-state index contributed by atoms with van der Waals surface area (Å²) in [5.74, 6) is -0.817. The van der Waals surface area contributed by atoms with Crippen molar-refractivity contribution in [2.24, 2.45) is 0 Å². The lowest BCUT2D eigenvalue weighted by Gasteiger charge is -2.20. The summed E-state index contributed by atoms with van der Waals surface area (Å²) in [6, 6.07) is 10.1. The second-order valence-electron chi connectivity index (χ2n) is 6.48. The SMILES string of the molecule is CC(NC(=O)COC(=O)/C=C/c1cccs1)c1ccc2c(c1)CCCC2. The molecule has 2 aromatic rings. The first kappa shape index (κ1) is 18.4. The minimum absolute atomic E-state index is 0.116. The predicted octanol–water partition coefficient (Wildman–Crippen LogP) is 4.06. The molecule has 1 aromatic carbocycles. The Bertz CT molecular complexity index is 796. The van der Waals surface area contributed by atoms with Gasteiger partial charge in [-0.25, -0.2) is 4.79 Å². The van der Waals surface area contributed by atoms with Gasteiger partial charge in [-0.1, -0.05) is 24.3 Å². The molecule has 1 aliphatic carbocycles. The molecular weight excluding hydrogens is 346 g/mol. The van der Waals surface area contributed by atoms with Crippen LogP contribution in [-0.2, 0) is 27.2 Å². The molecule has 1 atom stereocenters.